The summed E-state index contributed by atoms with van der Waals surface area (Å²) in [4.78, 5) is 13.9. The molecule has 5 nitrogen and oxygen atoms in total. The largest absolute Gasteiger partial charge is 0.352 e. The molecular formula is C7H7BrN4OS. The molecule has 74 valence electrons. The number of thiophene rings is 1. The lowest BCUT2D eigenvalue weighted by Gasteiger charge is -1.99. The van der Waals surface area contributed by atoms with E-state index in [1.807, 2.05) is 0 Å². The van der Waals surface area contributed by atoms with Crippen LogP contribution in [0.5, 0.6) is 0 Å². The Morgan fingerprint density at radius 1 is 1.79 bits per heavy atom. The van der Waals surface area contributed by atoms with Gasteiger partial charge in [-0.25, -0.2) is 0 Å². The molecular weight excluding hydrogens is 268 g/mol. The molecule has 0 saturated carbocycles. The Kier molecular flexibility index (Phi) is 4.45. The van der Waals surface area contributed by atoms with Crippen LogP contribution in [0.15, 0.2) is 20.3 Å². The van der Waals surface area contributed by atoms with Crippen LogP contribution in [-0.2, 0) is 0 Å². The minimum absolute atomic E-state index is 0.153. The molecule has 1 heterocycles. The molecule has 0 aliphatic heterocycles. The summed E-state index contributed by atoms with van der Waals surface area (Å²) in [6.07, 6.45) is 0. The average Bonchev–Trinajstić information content (AvgIpc) is 2.59. The third-order valence-electron chi connectivity index (χ3n) is 1.39. The number of hydrogen-bond donors (Lipinski definition) is 1. The van der Waals surface area contributed by atoms with Gasteiger partial charge in [0.05, 0.1) is 9.35 Å². The highest BCUT2D eigenvalue weighted by atomic mass is 79.9. The Morgan fingerprint density at radius 2 is 2.57 bits per heavy atom. The van der Waals surface area contributed by atoms with E-state index in [4.69, 9.17) is 5.53 Å². The molecule has 0 bridgehead atoms. The van der Waals surface area contributed by atoms with Crippen LogP contribution >= 0.6 is 27.3 Å². The van der Waals surface area contributed by atoms with Gasteiger partial charge in [-0.15, -0.1) is 11.3 Å². The highest BCUT2D eigenvalue weighted by molar-refractivity contribution is 9.11. The molecule has 7 heteroatoms. The summed E-state index contributed by atoms with van der Waals surface area (Å²) in [7, 11) is 0. The van der Waals surface area contributed by atoms with Gasteiger partial charge in [0.25, 0.3) is 5.91 Å². The molecule has 0 aliphatic rings. The predicted molar refractivity (Wildman–Crippen MR) is 58.4 cm³/mol. The van der Waals surface area contributed by atoms with Crippen molar-refractivity contribution in [2.24, 2.45) is 5.11 Å². The molecule has 1 amide bonds. The van der Waals surface area contributed by atoms with Crippen molar-refractivity contribution in [1.82, 2.24) is 5.32 Å². The number of carbonyl (C=O) groups excluding carboxylic acids is 1. The van der Waals surface area contributed by atoms with E-state index in [1.54, 1.807) is 11.4 Å². The summed E-state index contributed by atoms with van der Waals surface area (Å²) in [6, 6.07) is 1.74. The number of azide groups is 1. The lowest BCUT2D eigenvalue weighted by molar-refractivity contribution is 0.0955. The highest BCUT2D eigenvalue weighted by Crippen LogP contribution is 2.20. The molecule has 0 atom stereocenters. The zero-order chi connectivity index (χ0) is 10.4. The van der Waals surface area contributed by atoms with E-state index >= 15 is 0 Å². The van der Waals surface area contributed by atoms with Gasteiger partial charge >= 0.3 is 0 Å². The van der Waals surface area contributed by atoms with Crippen molar-refractivity contribution in [3.05, 3.63) is 31.2 Å². The first-order valence-electron chi connectivity index (χ1n) is 3.77. The molecule has 0 fully saturated rings. The van der Waals surface area contributed by atoms with Gasteiger partial charge in [-0.2, -0.15) is 0 Å². The molecule has 1 aromatic rings. The second kappa shape index (κ2) is 5.64. The molecule has 1 aromatic heterocycles. The SMILES string of the molecule is [N-]=[N+]=NCCNC(=O)c1csc(Br)c1. The maximum atomic E-state index is 11.4. The second-order valence-corrected chi connectivity index (χ2v) is 4.64. The number of rotatable bonds is 4. The van der Waals surface area contributed by atoms with E-state index in [9.17, 15) is 4.79 Å². The summed E-state index contributed by atoms with van der Waals surface area (Å²) >= 11 is 4.72. The zero-order valence-electron chi connectivity index (χ0n) is 7.11. The fourth-order valence-corrected chi connectivity index (χ4v) is 1.93. The molecule has 14 heavy (non-hydrogen) atoms. The first kappa shape index (κ1) is 11.0. The van der Waals surface area contributed by atoms with Crippen LogP contribution in [0.4, 0.5) is 0 Å². The van der Waals surface area contributed by atoms with Crippen molar-refractivity contribution in [1.29, 1.82) is 0 Å². The van der Waals surface area contributed by atoms with E-state index < -0.39 is 0 Å². The van der Waals surface area contributed by atoms with Crippen molar-refractivity contribution in [3.63, 3.8) is 0 Å². The lowest BCUT2D eigenvalue weighted by Crippen LogP contribution is -2.25. The normalized spacial score (nSPS) is 9.21. The van der Waals surface area contributed by atoms with Gasteiger partial charge in [0.1, 0.15) is 0 Å². The summed E-state index contributed by atoms with van der Waals surface area (Å²) in [5.41, 5.74) is 8.61. The number of hydrogen-bond acceptors (Lipinski definition) is 3. The van der Waals surface area contributed by atoms with Crippen LogP contribution in [0.1, 0.15) is 10.4 Å². The Labute approximate surface area is 92.9 Å². The average molecular weight is 275 g/mol. The van der Waals surface area contributed by atoms with Crippen LogP contribution < -0.4 is 5.32 Å². The van der Waals surface area contributed by atoms with E-state index in [2.05, 4.69) is 31.3 Å². The Morgan fingerprint density at radius 3 is 3.14 bits per heavy atom. The third kappa shape index (κ3) is 3.37. The van der Waals surface area contributed by atoms with Crippen molar-refractivity contribution in [2.75, 3.05) is 13.1 Å². The summed E-state index contributed by atoms with van der Waals surface area (Å²) in [6.45, 7) is 0.629. The number of nitrogens with zero attached hydrogens (tertiary/aromatic N) is 3. The van der Waals surface area contributed by atoms with Gasteiger partial charge in [-0.05, 0) is 27.5 Å². The standard InChI is InChI=1S/C7H7BrN4OS/c8-6-3-5(4-14-6)7(13)10-1-2-11-12-9/h3-4H,1-2H2,(H,10,13). The second-order valence-electron chi connectivity index (χ2n) is 2.35. The van der Waals surface area contributed by atoms with Crippen molar-refractivity contribution >= 4 is 33.2 Å². The van der Waals surface area contributed by atoms with Crippen LogP contribution in [0.2, 0.25) is 0 Å². The maximum absolute atomic E-state index is 11.4. The van der Waals surface area contributed by atoms with Gasteiger partial charge in [-0.1, -0.05) is 5.11 Å². The minimum atomic E-state index is -0.153. The zero-order valence-corrected chi connectivity index (χ0v) is 9.51. The van der Waals surface area contributed by atoms with E-state index in [0.29, 0.717) is 12.1 Å². The molecule has 0 aromatic carbocycles. The van der Waals surface area contributed by atoms with Crippen molar-refractivity contribution < 1.29 is 4.79 Å². The number of carbonyl (C=O) groups is 1. The number of nitrogens with one attached hydrogen (secondary N) is 1. The molecule has 0 saturated heterocycles. The third-order valence-corrected chi connectivity index (χ3v) is 2.89. The first-order chi connectivity index (χ1) is 6.74. The smallest absolute Gasteiger partial charge is 0.252 e. The van der Waals surface area contributed by atoms with Crippen LogP contribution in [0.3, 0.4) is 0 Å². The topological polar surface area (TPSA) is 77.9 Å². The van der Waals surface area contributed by atoms with E-state index in [0.717, 1.165) is 3.79 Å². The Bertz CT molecular complexity index is 372. The quantitative estimate of drug-likeness (QED) is 0.389. The first-order valence-corrected chi connectivity index (χ1v) is 5.44. The fraction of sp³-hybridized carbons (Fsp3) is 0.286. The van der Waals surface area contributed by atoms with Crippen LogP contribution in [0.25, 0.3) is 10.4 Å². The van der Waals surface area contributed by atoms with Gasteiger partial charge < -0.3 is 5.32 Å². The summed E-state index contributed by atoms with van der Waals surface area (Å²) < 4.78 is 0.915. The molecule has 0 spiro atoms. The van der Waals surface area contributed by atoms with Crippen LogP contribution in [-0.4, -0.2) is 19.0 Å². The minimum Gasteiger partial charge on any atom is -0.352 e. The lowest BCUT2D eigenvalue weighted by atomic mass is 10.3. The van der Waals surface area contributed by atoms with Crippen LogP contribution in [0, 0.1) is 0 Å². The molecule has 1 N–H and O–H groups in total. The van der Waals surface area contributed by atoms with Crippen molar-refractivity contribution in [3.8, 4) is 0 Å². The molecule has 0 aliphatic carbocycles. The predicted octanol–water partition coefficient (Wildman–Crippen LogP) is 2.55. The molecule has 0 radical (unpaired) electrons. The van der Waals surface area contributed by atoms with Gasteiger partial charge in [0, 0.05) is 23.4 Å². The van der Waals surface area contributed by atoms with E-state index in [1.165, 1.54) is 11.3 Å². The Balaban J connectivity index is 2.39. The monoisotopic (exact) mass is 274 g/mol. The summed E-state index contributed by atoms with van der Waals surface area (Å²) in [5, 5.41) is 7.69. The highest BCUT2D eigenvalue weighted by Gasteiger charge is 2.05. The Hall–Kier alpha value is -1.04. The van der Waals surface area contributed by atoms with Gasteiger partial charge in [0.15, 0.2) is 0 Å². The fourth-order valence-electron chi connectivity index (χ4n) is 0.795. The molecule has 1 rings (SSSR count). The molecule has 0 unspecified atom stereocenters. The van der Waals surface area contributed by atoms with Gasteiger partial charge in [-0.3, -0.25) is 4.79 Å². The van der Waals surface area contributed by atoms with E-state index in [-0.39, 0.29) is 12.5 Å². The van der Waals surface area contributed by atoms with Crippen molar-refractivity contribution in [2.45, 2.75) is 0 Å². The summed E-state index contributed by atoms with van der Waals surface area (Å²) in [5.74, 6) is -0.153. The number of amides is 1. The number of halogens is 1. The van der Waals surface area contributed by atoms with Gasteiger partial charge in [0.2, 0.25) is 0 Å². The maximum Gasteiger partial charge on any atom is 0.252 e.